The molecule has 1 fully saturated rings. The fourth-order valence-corrected chi connectivity index (χ4v) is 5.49. The van der Waals surface area contributed by atoms with Gasteiger partial charge in [0.1, 0.15) is 0 Å². The predicted molar refractivity (Wildman–Crippen MR) is 103 cm³/mol. The Morgan fingerprint density at radius 1 is 1.11 bits per heavy atom. The number of nitrogens with zero attached hydrogens (tertiary/aromatic N) is 1. The predicted octanol–water partition coefficient (Wildman–Crippen LogP) is 1.53. The molecular weight excluding hydrogens is 364 g/mol. The highest BCUT2D eigenvalue weighted by atomic mass is 32.2. The van der Waals surface area contributed by atoms with Crippen molar-refractivity contribution in [2.75, 3.05) is 18.6 Å². The fourth-order valence-electron chi connectivity index (χ4n) is 3.81. The Hall–Kier alpha value is -2.15. The Kier molecular flexibility index (Phi) is 5.99. The van der Waals surface area contributed by atoms with Gasteiger partial charge in [0.05, 0.1) is 23.3 Å². The third-order valence-electron chi connectivity index (χ3n) is 5.30. The molecule has 0 spiro atoms. The van der Waals surface area contributed by atoms with E-state index < -0.39 is 21.7 Å². The van der Waals surface area contributed by atoms with Gasteiger partial charge in [-0.05, 0) is 24.8 Å². The highest BCUT2D eigenvalue weighted by molar-refractivity contribution is 7.91. The van der Waals surface area contributed by atoms with E-state index in [1.807, 2.05) is 42.5 Å². The average Bonchev–Trinajstić information content (AvgIpc) is 3.00. The maximum atomic E-state index is 13.0. The lowest BCUT2D eigenvalue weighted by Gasteiger charge is -2.31. The normalized spacial score (nSPS) is 26.5. The van der Waals surface area contributed by atoms with Gasteiger partial charge in [0.2, 0.25) is 11.8 Å². The van der Waals surface area contributed by atoms with Crippen LogP contribution in [-0.2, 0) is 26.0 Å². The number of carbonyl (C=O) groups is 2. The van der Waals surface area contributed by atoms with Crippen LogP contribution in [0.1, 0.15) is 24.8 Å². The number of nitrogens with one attached hydrogen (secondary N) is 1. The second-order valence-corrected chi connectivity index (χ2v) is 9.67. The van der Waals surface area contributed by atoms with Crippen molar-refractivity contribution < 1.29 is 18.0 Å². The molecule has 3 rings (SSSR count). The minimum Gasteiger partial charge on any atom is -0.352 e. The molecule has 6 nitrogen and oxygen atoms in total. The van der Waals surface area contributed by atoms with Gasteiger partial charge in [-0.25, -0.2) is 8.42 Å². The van der Waals surface area contributed by atoms with Crippen molar-refractivity contribution in [3.63, 3.8) is 0 Å². The molecule has 0 aromatic heterocycles. The van der Waals surface area contributed by atoms with Crippen molar-refractivity contribution >= 4 is 21.7 Å². The zero-order chi connectivity index (χ0) is 19.4. The van der Waals surface area contributed by atoms with E-state index in [9.17, 15) is 18.0 Å². The van der Waals surface area contributed by atoms with Crippen LogP contribution in [0.15, 0.2) is 42.5 Å². The molecule has 1 saturated heterocycles. The third kappa shape index (κ3) is 4.97. The molecule has 7 heteroatoms. The van der Waals surface area contributed by atoms with Crippen LogP contribution in [0, 0.1) is 11.8 Å². The Labute approximate surface area is 160 Å². The van der Waals surface area contributed by atoms with E-state index in [1.165, 1.54) is 0 Å². The summed E-state index contributed by atoms with van der Waals surface area (Å²) in [5.41, 5.74) is 1.04. The lowest BCUT2D eigenvalue weighted by molar-refractivity contribution is -0.141. The molecule has 146 valence electrons. The summed E-state index contributed by atoms with van der Waals surface area (Å²) in [7, 11) is -1.30. The molecule has 1 heterocycles. The zero-order valence-electron chi connectivity index (χ0n) is 15.5. The number of benzene rings is 1. The van der Waals surface area contributed by atoms with Gasteiger partial charge < -0.3 is 10.2 Å². The third-order valence-corrected chi connectivity index (χ3v) is 7.07. The van der Waals surface area contributed by atoms with Crippen LogP contribution >= 0.6 is 0 Å². The van der Waals surface area contributed by atoms with Crippen molar-refractivity contribution in [1.82, 2.24) is 10.2 Å². The number of rotatable bonds is 5. The quantitative estimate of drug-likeness (QED) is 0.773. The molecule has 1 aromatic rings. The van der Waals surface area contributed by atoms with E-state index in [0.717, 1.165) is 5.56 Å². The van der Waals surface area contributed by atoms with Crippen LogP contribution in [0.4, 0.5) is 0 Å². The van der Waals surface area contributed by atoms with Crippen LogP contribution in [0.5, 0.6) is 0 Å². The number of hydrogen-bond acceptors (Lipinski definition) is 4. The van der Waals surface area contributed by atoms with Crippen LogP contribution < -0.4 is 5.32 Å². The maximum Gasteiger partial charge on any atom is 0.226 e. The first kappa shape index (κ1) is 19.6. The lowest BCUT2D eigenvalue weighted by atomic mass is 9.81. The highest BCUT2D eigenvalue weighted by Crippen LogP contribution is 2.28. The van der Waals surface area contributed by atoms with Crippen LogP contribution in [0.25, 0.3) is 0 Å². The van der Waals surface area contributed by atoms with E-state index in [0.29, 0.717) is 25.8 Å². The Bertz CT molecular complexity index is 820. The summed E-state index contributed by atoms with van der Waals surface area (Å²) in [5, 5.41) is 2.85. The molecule has 1 aromatic carbocycles. The molecule has 0 radical (unpaired) electrons. The summed E-state index contributed by atoms with van der Waals surface area (Å²) >= 11 is 0. The maximum absolute atomic E-state index is 13.0. The average molecular weight is 391 g/mol. The lowest BCUT2D eigenvalue weighted by Crippen LogP contribution is -2.46. The molecule has 1 aliphatic carbocycles. The van der Waals surface area contributed by atoms with Gasteiger partial charge in [0, 0.05) is 19.6 Å². The smallest absolute Gasteiger partial charge is 0.226 e. The van der Waals surface area contributed by atoms with Crippen molar-refractivity contribution in [2.45, 2.75) is 31.8 Å². The van der Waals surface area contributed by atoms with Crippen molar-refractivity contribution in [3.05, 3.63) is 48.0 Å². The van der Waals surface area contributed by atoms with Gasteiger partial charge in [0.25, 0.3) is 0 Å². The molecule has 2 aliphatic rings. The number of hydrogen-bond donors (Lipinski definition) is 1. The molecule has 0 saturated carbocycles. The van der Waals surface area contributed by atoms with Gasteiger partial charge in [-0.15, -0.1) is 0 Å². The minimum absolute atomic E-state index is 0.00613. The van der Waals surface area contributed by atoms with Crippen LogP contribution in [0.3, 0.4) is 0 Å². The van der Waals surface area contributed by atoms with Crippen LogP contribution in [0.2, 0.25) is 0 Å². The van der Waals surface area contributed by atoms with E-state index in [4.69, 9.17) is 0 Å². The van der Waals surface area contributed by atoms with Crippen molar-refractivity contribution in [3.8, 4) is 0 Å². The number of allylic oxidation sites excluding steroid dienone is 2. The molecule has 1 aliphatic heterocycles. The number of carbonyl (C=O) groups excluding carboxylic acids is 2. The topological polar surface area (TPSA) is 83.6 Å². The summed E-state index contributed by atoms with van der Waals surface area (Å²) in [6, 6.07) is 9.39. The summed E-state index contributed by atoms with van der Waals surface area (Å²) in [5.74, 6) is -1.03. The van der Waals surface area contributed by atoms with E-state index in [-0.39, 0.29) is 29.4 Å². The summed E-state index contributed by atoms with van der Waals surface area (Å²) in [6.45, 7) is 0.495. The SMILES string of the molecule is CN(Cc1ccccc1)C(=O)[C@@H]1CC=CC[C@@H]1C(=O)N[C@H]1CCS(=O)(=O)C1. The molecule has 0 unspecified atom stereocenters. The second kappa shape index (κ2) is 8.25. The van der Waals surface area contributed by atoms with E-state index in [2.05, 4.69) is 5.32 Å². The number of amides is 2. The Morgan fingerprint density at radius 3 is 2.41 bits per heavy atom. The zero-order valence-corrected chi connectivity index (χ0v) is 16.3. The van der Waals surface area contributed by atoms with Gasteiger partial charge in [-0.3, -0.25) is 9.59 Å². The highest BCUT2D eigenvalue weighted by Gasteiger charge is 2.37. The Balaban J connectivity index is 1.64. The van der Waals surface area contributed by atoms with E-state index in [1.54, 1.807) is 11.9 Å². The molecule has 1 N–H and O–H groups in total. The first-order valence-electron chi connectivity index (χ1n) is 9.30. The van der Waals surface area contributed by atoms with Crippen LogP contribution in [-0.4, -0.2) is 49.7 Å². The fraction of sp³-hybridized carbons (Fsp3) is 0.500. The van der Waals surface area contributed by atoms with Crippen molar-refractivity contribution in [1.29, 1.82) is 0 Å². The first-order valence-corrected chi connectivity index (χ1v) is 11.1. The summed E-state index contributed by atoms with van der Waals surface area (Å²) < 4.78 is 23.2. The largest absolute Gasteiger partial charge is 0.352 e. The molecule has 27 heavy (non-hydrogen) atoms. The Morgan fingerprint density at radius 2 is 1.78 bits per heavy atom. The van der Waals surface area contributed by atoms with Gasteiger partial charge in [0.15, 0.2) is 9.84 Å². The summed E-state index contributed by atoms with van der Waals surface area (Å²) in [4.78, 5) is 27.4. The van der Waals surface area contributed by atoms with Gasteiger partial charge in [-0.1, -0.05) is 42.5 Å². The van der Waals surface area contributed by atoms with E-state index >= 15 is 0 Å². The monoisotopic (exact) mass is 390 g/mol. The second-order valence-electron chi connectivity index (χ2n) is 7.44. The molecular formula is C20H26N2O4S. The van der Waals surface area contributed by atoms with Gasteiger partial charge in [-0.2, -0.15) is 0 Å². The van der Waals surface area contributed by atoms with Crippen molar-refractivity contribution in [2.24, 2.45) is 11.8 Å². The molecule has 0 bridgehead atoms. The van der Waals surface area contributed by atoms with Gasteiger partial charge >= 0.3 is 0 Å². The first-order chi connectivity index (χ1) is 12.9. The summed E-state index contributed by atoms with van der Waals surface area (Å²) in [6.07, 6.45) is 5.35. The molecule has 3 atom stereocenters. The number of sulfone groups is 1. The molecule has 2 amide bonds. The standard InChI is InChI=1S/C20H26N2O4S/c1-22(13-15-7-3-2-4-8-15)20(24)18-10-6-5-9-17(18)19(23)21-16-11-12-27(25,26)14-16/h2-8,16-18H,9-14H2,1H3,(H,21,23)/t16-,17-,18+/m0/s1. The minimum atomic E-state index is -3.05.